The highest BCUT2D eigenvalue weighted by Crippen LogP contribution is 2.08. The van der Waals surface area contributed by atoms with Gasteiger partial charge in [0.25, 0.3) is 0 Å². The first-order valence-corrected chi connectivity index (χ1v) is 5.93. The molecule has 0 radical (unpaired) electrons. The third-order valence-corrected chi connectivity index (χ3v) is 2.49. The fourth-order valence-electron chi connectivity index (χ4n) is 1.02. The molecule has 0 amide bonds. The molecule has 0 aromatic carbocycles. The first kappa shape index (κ1) is 12.7. The van der Waals surface area contributed by atoms with Gasteiger partial charge < -0.3 is 9.47 Å². The van der Waals surface area contributed by atoms with Crippen molar-refractivity contribution in [3.63, 3.8) is 0 Å². The van der Waals surface area contributed by atoms with Crippen LogP contribution in [0.15, 0.2) is 0 Å². The highest BCUT2D eigenvalue weighted by molar-refractivity contribution is 14.1. The van der Waals surface area contributed by atoms with Crippen LogP contribution in [0, 0.1) is 0 Å². The fraction of sp³-hybridized carbons (Fsp3) is 1.00. The molecule has 0 aromatic rings. The molecule has 0 bridgehead atoms. The number of alkyl halides is 1. The van der Waals surface area contributed by atoms with E-state index in [9.17, 15) is 0 Å². The van der Waals surface area contributed by atoms with Crippen LogP contribution in [0.1, 0.15) is 26.7 Å². The van der Waals surface area contributed by atoms with Gasteiger partial charge in [0.2, 0.25) is 0 Å². The van der Waals surface area contributed by atoms with Gasteiger partial charge in [-0.25, -0.2) is 0 Å². The molecule has 74 valence electrons. The summed E-state index contributed by atoms with van der Waals surface area (Å²) in [5, 5.41) is 0. The van der Waals surface area contributed by atoms with E-state index in [0.29, 0.717) is 12.2 Å². The van der Waals surface area contributed by atoms with Crippen molar-refractivity contribution in [3.05, 3.63) is 0 Å². The van der Waals surface area contributed by atoms with Crippen molar-refractivity contribution in [3.8, 4) is 0 Å². The Morgan fingerprint density at radius 3 is 2.42 bits per heavy atom. The van der Waals surface area contributed by atoms with Gasteiger partial charge in [-0.2, -0.15) is 0 Å². The summed E-state index contributed by atoms with van der Waals surface area (Å²) >= 11 is 2.37. The molecule has 0 saturated heterocycles. The predicted octanol–water partition coefficient (Wildman–Crippen LogP) is 2.64. The Hall–Kier alpha value is 0.650. The molecule has 0 aliphatic rings. The molecule has 0 aliphatic heterocycles. The van der Waals surface area contributed by atoms with E-state index in [-0.39, 0.29) is 0 Å². The van der Waals surface area contributed by atoms with Crippen molar-refractivity contribution < 1.29 is 9.47 Å². The van der Waals surface area contributed by atoms with Crippen LogP contribution in [0.25, 0.3) is 0 Å². The van der Waals surface area contributed by atoms with Gasteiger partial charge >= 0.3 is 0 Å². The second-order valence-electron chi connectivity index (χ2n) is 3.10. The summed E-state index contributed by atoms with van der Waals surface area (Å²) in [5.74, 6) is 0. The lowest BCUT2D eigenvalue weighted by atomic mass is 10.2. The van der Waals surface area contributed by atoms with Crippen LogP contribution in [0.4, 0.5) is 0 Å². The molecule has 0 N–H and O–H groups in total. The van der Waals surface area contributed by atoms with E-state index in [0.717, 1.165) is 23.9 Å². The summed E-state index contributed by atoms with van der Waals surface area (Å²) in [7, 11) is 1.74. The van der Waals surface area contributed by atoms with Crippen LogP contribution >= 0.6 is 22.6 Å². The molecule has 0 saturated carbocycles. The second kappa shape index (κ2) is 8.26. The summed E-state index contributed by atoms with van der Waals surface area (Å²) in [6.07, 6.45) is 2.94. The maximum atomic E-state index is 5.68. The zero-order valence-corrected chi connectivity index (χ0v) is 10.3. The number of methoxy groups -OCH3 is 1. The SMILES string of the molecule is COCCCC(CI)OC(C)C. The summed E-state index contributed by atoms with van der Waals surface area (Å²) in [6.45, 7) is 5.00. The first-order valence-electron chi connectivity index (χ1n) is 4.41. The number of halogens is 1. The van der Waals surface area contributed by atoms with Gasteiger partial charge in [0.15, 0.2) is 0 Å². The van der Waals surface area contributed by atoms with E-state index in [1.165, 1.54) is 0 Å². The van der Waals surface area contributed by atoms with Crippen molar-refractivity contribution in [1.29, 1.82) is 0 Å². The number of ether oxygens (including phenoxy) is 2. The average Bonchev–Trinajstić information content (AvgIpc) is 2.02. The normalized spacial score (nSPS) is 13.8. The molecule has 0 aromatic heterocycles. The summed E-state index contributed by atoms with van der Waals surface area (Å²) < 4.78 is 11.7. The lowest BCUT2D eigenvalue weighted by Gasteiger charge is -2.17. The van der Waals surface area contributed by atoms with Crippen LogP contribution in [0.2, 0.25) is 0 Å². The highest BCUT2D eigenvalue weighted by atomic mass is 127. The van der Waals surface area contributed by atoms with Crippen LogP contribution in [-0.4, -0.2) is 30.4 Å². The Balaban J connectivity index is 3.39. The van der Waals surface area contributed by atoms with Gasteiger partial charge in [-0.3, -0.25) is 0 Å². The zero-order valence-electron chi connectivity index (χ0n) is 8.18. The third-order valence-electron chi connectivity index (χ3n) is 1.51. The minimum absolute atomic E-state index is 0.340. The van der Waals surface area contributed by atoms with Gasteiger partial charge in [0, 0.05) is 18.1 Å². The molecule has 1 unspecified atom stereocenters. The van der Waals surface area contributed by atoms with Crippen molar-refractivity contribution in [2.75, 3.05) is 18.1 Å². The largest absolute Gasteiger partial charge is 0.385 e. The third kappa shape index (κ3) is 7.31. The highest BCUT2D eigenvalue weighted by Gasteiger charge is 2.08. The Kier molecular flexibility index (Phi) is 8.70. The van der Waals surface area contributed by atoms with E-state index >= 15 is 0 Å². The van der Waals surface area contributed by atoms with Crippen molar-refractivity contribution in [1.82, 2.24) is 0 Å². The van der Waals surface area contributed by atoms with Crippen LogP contribution in [-0.2, 0) is 9.47 Å². The molecular weight excluding hydrogens is 267 g/mol. The number of rotatable bonds is 7. The molecule has 3 heteroatoms. The fourth-order valence-corrected chi connectivity index (χ4v) is 1.67. The Morgan fingerprint density at radius 2 is 2.00 bits per heavy atom. The molecule has 0 spiro atoms. The van der Waals surface area contributed by atoms with Gasteiger partial charge in [0.1, 0.15) is 0 Å². The summed E-state index contributed by atoms with van der Waals surface area (Å²) in [4.78, 5) is 0. The van der Waals surface area contributed by atoms with E-state index in [1.807, 2.05) is 0 Å². The van der Waals surface area contributed by atoms with E-state index in [1.54, 1.807) is 7.11 Å². The van der Waals surface area contributed by atoms with Crippen molar-refractivity contribution in [2.24, 2.45) is 0 Å². The smallest absolute Gasteiger partial charge is 0.0668 e. The standard InChI is InChI=1S/C9H19IO2/c1-8(2)12-9(7-10)5-4-6-11-3/h8-9H,4-7H2,1-3H3. The van der Waals surface area contributed by atoms with E-state index in [4.69, 9.17) is 9.47 Å². The van der Waals surface area contributed by atoms with Crippen LogP contribution in [0.3, 0.4) is 0 Å². The van der Waals surface area contributed by atoms with Crippen molar-refractivity contribution in [2.45, 2.75) is 38.9 Å². The Morgan fingerprint density at radius 1 is 1.33 bits per heavy atom. The summed E-state index contributed by atoms with van der Waals surface area (Å²) in [6, 6.07) is 0. The van der Waals surface area contributed by atoms with Crippen LogP contribution in [0.5, 0.6) is 0 Å². The topological polar surface area (TPSA) is 18.5 Å². The van der Waals surface area contributed by atoms with Gasteiger partial charge in [-0.1, -0.05) is 22.6 Å². The molecule has 1 atom stereocenters. The van der Waals surface area contributed by atoms with E-state index in [2.05, 4.69) is 36.4 Å². The number of hydrogen-bond acceptors (Lipinski definition) is 2. The molecule has 0 aliphatic carbocycles. The van der Waals surface area contributed by atoms with Crippen molar-refractivity contribution >= 4 is 22.6 Å². The molecule has 0 fully saturated rings. The van der Waals surface area contributed by atoms with Crippen LogP contribution < -0.4 is 0 Å². The molecular formula is C9H19IO2. The quantitative estimate of drug-likeness (QED) is 0.407. The first-order chi connectivity index (χ1) is 5.70. The minimum atomic E-state index is 0.340. The predicted molar refractivity (Wildman–Crippen MR) is 60.0 cm³/mol. The van der Waals surface area contributed by atoms with Gasteiger partial charge in [-0.05, 0) is 26.7 Å². The average molecular weight is 286 g/mol. The Labute approximate surface area is 89.1 Å². The molecule has 0 rings (SSSR count). The van der Waals surface area contributed by atoms with E-state index < -0.39 is 0 Å². The lowest BCUT2D eigenvalue weighted by molar-refractivity contribution is 0.0143. The molecule has 12 heavy (non-hydrogen) atoms. The molecule has 0 heterocycles. The zero-order chi connectivity index (χ0) is 9.40. The lowest BCUT2D eigenvalue weighted by Crippen LogP contribution is -2.19. The Bertz CT molecular complexity index is 96.5. The maximum Gasteiger partial charge on any atom is 0.0668 e. The monoisotopic (exact) mass is 286 g/mol. The minimum Gasteiger partial charge on any atom is -0.385 e. The summed E-state index contributed by atoms with van der Waals surface area (Å²) in [5.41, 5.74) is 0. The maximum absolute atomic E-state index is 5.68. The number of hydrogen-bond donors (Lipinski definition) is 0. The molecule has 2 nitrogen and oxygen atoms in total. The van der Waals surface area contributed by atoms with Gasteiger partial charge in [0.05, 0.1) is 12.2 Å². The second-order valence-corrected chi connectivity index (χ2v) is 3.98. The van der Waals surface area contributed by atoms with Gasteiger partial charge in [-0.15, -0.1) is 0 Å².